The van der Waals surface area contributed by atoms with E-state index in [1.165, 1.54) is 12.3 Å². The van der Waals surface area contributed by atoms with Gasteiger partial charge >= 0.3 is 0 Å². The van der Waals surface area contributed by atoms with Crippen LogP contribution in [0, 0.1) is 13.8 Å². The molecule has 0 aliphatic rings. The molecule has 0 atom stereocenters. The Morgan fingerprint density at radius 1 is 1.12 bits per heavy atom. The fraction of sp³-hybridized carbons (Fsp3) is 0.227. The van der Waals surface area contributed by atoms with Crippen molar-refractivity contribution >= 4 is 17.2 Å². The molecule has 0 aliphatic heterocycles. The van der Waals surface area contributed by atoms with Gasteiger partial charge in [-0.3, -0.25) is 4.68 Å². The third-order valence-electron chi connectivity index (χ3n) is 5.32. The van der Waals surface area contributed by atoms with Crippen LogP contribution >= 0.6 is 11.6 Å². The Morgan fingerprint density at radius 3 is 2.61 bits per heavy atom. The van der Waals surface area contributed by atoms with Gasteiger partial charge in [-0.2, -0.15) is 10.2 Å². The molecule has 0 N–H and O–H groups in total. The van der Waals surface area contributed by atoms with E-state index in [2.05, 4.69) is 25.4 Å². The van der Waals surface area contributed by atoms with Crippen LogP contribution in [0.25, 0.3) is 28.4 Å². The zero-order chi connectivity index (χ0) is 23.1. The van der Waals surface area contributed by atoms with Gasteiger partial charge in [0.1, 0.15) is 11.3 Å². The molecule has 1 aromatic carbocycles. The largest absolute Gasteiger partial charge is 0.420 e. The van der Waals surface area contributed by atoms with Gasteiger partial charge in [-0.25, -0.2) is 18.3 Å². The molecule has 0 radical (unpaired) electrons. The first-order chi connectivity index (χ1) is 15.9. The standard InChI is InChI=1S/C22H18ClF2N7O/c1-12-19(23)13(2)31(30-12)9-8-18-28-29-22(33-18)15-11-26-32-17(20(24)25)10-16(27-21(15)32)14-6-4-3-5-7-14/h3-7,10-11,20H,8-9H2,1-2H3. The normalized spacial score (nSPS) is 11.7. The van der Waals surface area contributed by atoms with Crippen molar-refractivity contribution in [3.63, 3.8) is 0 Å². The van der Waals surface area contributed by atoms with E-state index >= 15 is 0 Å². The lowest BCUT2D eigenvalue weighted by molar-refractivity contribution is 0.143. The highest BCUT2D eigenvalue weighted by Gasteiger charge is 2.22. The lowest BCUT2D eigenvalue weighted by Gasteiger charge is -2.08. The summed E-state index contributed by atoms with van der Waals surface area (Å²) in [4.78, 5) is 4.56. The van der Waals surface area contributed by atoms with E-state index in [0.29, 0.717) is 40.7 Å². The van der Waals surface area contributed by atoms with Crippen LogP contribution in [0.2, 0.25) is 5.02 Å². The fourth-order valence-corrected chi connectivity index (χ4v) is 3.74. The number of nitrogens with zero attached hydrogens (tertiary/aromatic N) is 7. The molecule has 0 saturated heterocycles. The lowest BCUT2D eigenvalue weighted by Crippen LogP contribution is -2.05. The first kappa shape index (κ1) is 21.2. The Hall–Kier alpha value is -3.66. The van der Waals surface area contributed by atoms with Crippen LogP contribution in [0.3, 0.4) is 0 Å². The molecule has 0 saturated carbocycles. The number of benzene rings is 1. The molecule has 11 heteroatoms. The average molecular weight is 470 g/mol. The van der Waals surface area contributed by atoms with Gasteiger partial charge in [0.25, 0.3) is 12.3 Å². The second kappa shape index (κ2) is 8.36. The van der Waals surface area contributed by atoms with Crippen molar-refractivity contribution in [1.82, 2.24) is 34.6 Å². The Labute approximate surface area is 191 Å². The van der Waals surface area contributed by atoms with Gasteiger partial charge in [0.05, 0.1) is 28.3 Å². The van der Waals surface area contributed by atoms with E-state index < -0.39 is 6.43 Å². The number of hydrogen-bond donors (Lipinski definition) is 0. The first-order valence-electron chi connectivity index (χ1n) is 10.2. The third kappa shape index (κ3) is 3.86. The Kier molecular flexibility index (Phi) is 5.37. The van der Waals surface area contributed by atoms with Crippen LogP contribution in [-0.2, 0) is 13.0 Å². The maximum Gasteiger partial charge on any atom is 0.280 e. The van der Waals surface area contributed by atoms with Gasteiger partial charge in [0, 0.05) is 18.5 Å². The highest BCUT2D eigenvalue weighted by Crippen LogP contribution is 2.30. The van der Waals surface area contributed by atoms with Crippen molar-refractivity contribution in [3.8, 4) is 22.7 Å². The third-order valence-corrected chi connectivity index (χ3v) is 5.87. The maximum absolute atomic E-state index is 13.8. The van der Waals surface area contributed by atoms with Crippen LogP contribution in [0.15, 0.2) is 47.0 Å². The molecular formula is C22H18ClF2N7O. The van der Waals surface area contributed by atoms with Crippen molar-refractivity contribution in [2.45, 2.75) is 33.2 Å². The predicted octanol–water partition coefficient (Wildman–Crippen LogP) is 5.09. The van der Waals surface area contributed by atoms with Gasteiger partial charge in [-0.1, -0.05) is 41.9 Å². The lowest BCUT2D eigenvalue weighted by atomic mass is 10.1. The van der Waals surface area contributed by atoms with Crippen molar-refractivity contribution in [1.29, 1.82) is 0 Å². The van der Waals surface area contributed by atoms with Crippen LogP contribution in [-0.4, -0.2) is 34.6 Å². The summed E-state index contributed by atoms with van der Waals surface area (Å²) in [6.45, 7) is 4.23. The Morgan fingerprint density at radius 2 is 1.91 bits per heavy atom. The molecule has 4 aromatic heterocycles. The number of hydrogen-bond acceptors (Lipinski definition) is 6. The molecule has 0 amide bonds. The second-order valence-corrected chi connectivity index (χ2v) is 7.86. The van der Waals surface area contributed by atoms with Crippen LogP contribution < -0.4 is 0 Å². The van der Waals surface area contributed by atoms with Gasteiger partial charge in [-0.05, 0) is 19.9 Å². The number of aryl methyl sites for hydroxylation is 3. The van der Waals surface area contributed by atoms with E-state index in [4.69, 9.17) is 16.0 Å². The van der Waals surface area contributed by atoms with Crippen molar-refractivity contribution in [2.24, 2.45) is 0 Å². The van der Waals surface area contributed by atoms with Gasteiger partial charge in [0.15, 0.2) is 5.65 Å². The summed E-state index contributed by atoms with van der Waals surface area (Å²) in [5.41, 5.74) is 3.04. The molecule has 4 heterocycles. The maximum atomic E-state index is 13.8. The minimum Gasteiger partial charge on any atom is -0.420 e. The Bertz CT molecular complexity index is 1440. The Balaban J connectivity index is 1.49. The average Bonchev–Trinajstić information content (AvgIpc) is 3.52. The van der Waals surface area contributed by atoms with Crippen LogP contribution in [0.5, 0.6) is 0 Å². The summed E-state index contributed by atoms with van der Waals surface area (Å²) >= 11 is 6.19. The monoisotopic (exact) mass is 469 g/mol. The van der Waals surface area contributed by atoms with Gasteiger partial charge < -0.3 is 4.42 Å². The molecular weight excluding hydrogens is 452 g/mol. The highest BCUT2D eigenvalue weighted by atomic mass is 35.5. The first-order valence-corrected chi connectivity index (χ1v) is 10.5. The smallest absolute Gasteiger partial charge is 0.280 e. The SMILES string of the molecule is Cc1nn(CCc2nnc(-c3cnn4c(C(F)F)cc(-c5ccccc5)nc34)o2)c(C)c1Cl. The quantitative estimate of drug-likeness (QED) is 0.344. The molecule has 5 rings (SSSR count). The van der Waals surface area contributed by atoms with E-state index in [0.717, 1.165) is 15.9 Å². The zero-order valence-corrected chi connectivity index (χ0v) is 18.5. The van der Waals surface area contributed by atoms with Crippen LogP contribution in [0.1, 0.15) is 29.4 Å². The van der Waals surface area contributed by atoms with Crippen molar-refractivity contribution in [3.05, 3.63) is 70.6 Å². The summed E-state index contributed by atoms with van der Waals surface area (Å²) in [5, 5.41) is 17.3. The number of rotatable bonds is 6. The van der Waals surface area contributed by atoms with E-state index in [-0.39, 0.29) is 17.2 Å². The molecule has 0 spiro atoms. The van der Waals surface area contributed by atoms with E-state index in [1.54, 1.807) is 16.8 Å². The molecule has 5 aromatic rings. The summed E-state index contributed by atoms with van der Waals surface area (Å²) in [6, 6.07) is 10.4. The van der Waals surface area contributed by atoms with Gasteiger partial charge in [0.2, 0.25) is 5.89 Å². The zero-order valence-electron chi connectivity index (χ0n) is 17.7. The number of aromatic nitrogens is 7. The minimum absolute atomic E-state index is 0.157. The number of fused-ring (bicyclic) bond motifs is 1. The fourth-order valence-electron chi connectivity index (χ4n) is 3.61. The minimum atomic E-state index is -2.74. The molecule has 0 aliphatic carbocycles. The molecule has 168 valence electrons. The predicted molar refractivity (Wildman–Crippen MR) is 117 cm³/mol. The van der Waals surface area contributed by atoms with Crippen molar-refractivity contribution in [2.75, 3.05) is 0 Å². The van der Waals surface area contributed by atoms with Crippen LogP contribution in [0.4, 0.5) is 8.78 Å². The highest BCUT2D eigenvalue weighted by molar-refractivity contribution is 6.31. The summed E-state index contributed by atoms with van der Waals surface area (Å²) in [6.07, 6.45) is -0.909. The van der Waals surface area contributed by atoms with Crippen molar-refractivity contribution < 1.29 is 13.2 Å². The van der Waals surface area contributed by atoms with Gasteiger partial charge in [-0.15, -0.1) is 10.2 Å². The number of alkyl halides is 2. The topological polar surface area (TPSA) is 86.9 Å². The second-order valence-electron chi connectivity index (χ2n) is 7.49. The molecule has 33 heavy (non-hydrogen) atoms. The summed E-state index contributed by atoms with van der Waals surface area (Å²) < 4.78 is 36.2. The molecule has 8 nitrogen and oxygen atoms in total. The van der Waals surface area contributed by atoms with E-state index in [9.17, 15) is 8.78 Å². The number of halogens is 3. The summed E-state index contributed by atoms with van der Waals surface area (Å²) in [7, 11) is 0. The van der Waals surface area contributed by atoms with E-state index in [1.807, 2.05) is 32.0 Å². The summed E-state index contributed by atoms with van der Waals surface area (Å²) in [5.74, 6) is 0.533. The molecule has 0 unspecified atom stereocenters. The molecule has 0 fully saturated rings. The molecule has 0 bridgehead atoms.